The van der Waals surface area contributed by atoms with Crippen molar-refractivity contribution < 1.29 is 14.3 Å². The van der Waals surface area contributed by atoms with Gasteiger partial charge in [-0.25, -0.2) is 0 Å². The topological polar surface area (TPSA) is 47.6 Å². The Morgan fingerprint density at radius 3 is 2.34 bits per heavy atom. The summed E-state index contributed by atoms with van der Waals surface area (Å²) in [6, 6.07) is 29.0. The minimum absolute atomic E-state index is 0.132. The molecule has 0 aromatic heterocycles. The van der Waals surface area contributed by atoms with Gasteiger partial charge in [-0.2, -0.15) is 0 Å². The predicted octanol–water partition coefficient (Wildman–Crippen LogP) is 8.09. The third kappa shape index (κ3) is 4.45. The van der Waals surface area contributed by atoms with Gasteiger partial charge in [0.25, 0.3) is 0 Å². The highest BCUT2D eigenvalue weighted by atomic mass is 16.5. The van der Waals surface area contributed by atoms with Crippen molar-refractivity contribution in [2.45, 2.75) is 44.6 Å². The van der Waals surface area contributed by atoms with Gasteiger partial charge in [-0.15, -0.1) is 0 Å². The number of hydrogen-bond acceptors (Lipinski definition) is 4. The van der Waals surface area contributed by atoms with E-state index < -0.39 is 0 Å². The van der Waals surface area contributed by atoms with Crippen molar-refractivity contribution in [1.82, 2.24) is 0 Å². The molecule has 192 valence electrons. The molecule has 1 N–H and O–H groups in total. The number of rotatable bonds is 7. The quantitative estimate of drug-likeness (QED) is 0.259. The summed E-state index contributed by atoms with van der Waals surface area (Å²) >= 11 is 0. The maximum Gasteiger partial charge on any atom is 0.162 e. The molecule has 1 aliphatic carbocycles. The second-order valence-electron chi connectivity index (χ2n) is 10.3. The van der Waals surface area contributed by atoms with E-state index in [1.807, 2.05) is 24.3 Å². The Kier molecular flexibility index (Phi) is 6.63. The van der Waals surface area contributed by atoms with Crippen LogP contribution in [0.4, 0.5) is 5.69 Å². The molecule has 4 aromatic rings. The van der Waals surface area contributed by atoms with Gasteiger partial charge in [0, 0.05) is 23.2 Å². The number of ether oxygens (including phenoxy) is 2. The van der Waals surface area contributed by atoms with Crippen LogP contribution in [0.3, 0.4) is 0 Å². The van der Waals surface area contributed by atoms with E-state index in [4.69, 9.17) is 9.47 Å². The number of fused-ring (bicyclic) bond motifs is 4. The first-order valence-corrected chi connectivity index (χ1v) is 13.6. The molecule has 0 spiro atoms. The van der Waals surface area contributed by atoms with E-state index in [2.05, 4.69) is 72.9 Å². The van der Waals surface area contributed by atoms with Gasteiger partial charge in [0.2, 0.25) is 0 Å². The van der Waals surface area contributed by atoms with Gasteiger partial charge < -0.3 is 14.8 Å². The first-order chi connectivity index (χ1) is 18.7. The lowest BCUT2D eigenvalue weighted by molar-refractivity contribution is -0.116. The van der Waals surface area contributed by atoms with Crippen LogP contribution in [-0.4, -0.2) is 19.5 Å². The van der Waals surface area contributed by atoms with Crippen molar-refractivity contribution in [2.24, 2.45) is 0 Å². The molecule has 0 unspecified atom stereocenters. The van der Waals surface area contributed by atoms with E-state index in [1.165, 1.54) is 27.5 Å². The zero-order valence-electron chi connectivity index (χ0n) is 22.0. The van der Waals surface area contributed by atoms with E-state index in [1.54, 1.807) is 7.11 Å². The van der Waals surface area contributed by atoms with Crippen molar-refractivity contribution in [3.05, 3.63) is 107 Å². The smallest absolute Gasteiger partial charge is 0.162 e. The molecule has 4 aromatic carbocycles. The zero-order valence-corrected chi connectivity index (χ0v) is 22.0. The van der Waals surface area contributed by atoms with E-state index in [-0.39, 0.29) is 17.7 Å². The molecule has 0 bridgehead atoms. The van der Waals surface area contributed by atoms with Crippen LogP contribution in [-0.2, 0) is 4.79 Å². The maximum atomic E-state index is 14.0. The Labute approximate surface area is 224 Å². The predicted molar refractivity (Wildman–Crippen MR) is 154 cm³/mol. The van der Waals surface area contributed by atoms with Crippen molar-refractivity contribution in [3.8, 4) is 11.5 Å². The number of Topliss-reactive ketones (excluding diaryl/α,β-unsaturated/α-hetero) is 1. The molecule has 6 rings (SSSR count). The fourth-order valence-electron chi connectivity index (χ4n) is 5.90. The molecule has 0 saturated carbocycles. The summed E-state index contributed by atoms with van der Waals surface area (Å²) in [5, 5.41) is 6.10. The number of methoxy groups -OCH3 is 1. The average Bonchev–Trinajstić information content (AvgIpc) is 2.97. The maximum absolute atomic E-state index is 14.0. The molecule has 1 heterocycles. The Morgan fingerprint density at radius 2 is 1.58 bits per heavy atom. The number of nitrogens with one attached hydrogen (secondary N) is 1. The highest BCUT2D eigenvalue weighted by molar-refractivity contribution is 6.13. The second-order valence-corrected chi connectivity index (χ2v) is 10.3. The van der Waals surface area contributed by atoms with Crippen molar-refractivity contribution in [3.63, 3.8) is 0 Å². The van der Waals surface area contributed by atoms with Crippen molar-refractivity contribution in [2.75, 3.05) is 19.0 Å². The number of carbonyl (C=O) groups is 1. The minimum atomic E-state index is -0.188. The summed E-state index contributed by atoms with van der Waals surface area (Å²) in [5.74, 6) is 2.04. The van der Waals surface area contributed by atoms with Crippen LogP contribution < -0.4 is 14.8 Å². The third-order valence-electron chi connectivity index (χ3n) is 7.89. The number of hydrogen-bond donors (Lipinski definition) is 1. The largest absolute Gasteiger partial charge is 0.497 e. The molecule has 4 nitrogen and oxygen atoms in total. The van der Waals surface area contributed by atoms with Gasteiger partial charge in [0.15, 0.2) is 5.78 Å². The number of allylic oxidation sites excluding steroid dienone is 1. The van der Waals surface area contributed by atoms with Gasteiger partial charge in [0.1, 0.15) is 11.5 Å². The average molecular weight is 504 g/mol. The Morgan fingerprint density at radius 1 is 0.842 bits per heavy atom. The number of ketones is 1. The van der Waals surface area contributed by atoms with Gasteiger partial charge in [-0.05, 0) is 76.6 Å². The van der Waals surface area contributed by atoms with Gasteiger partial charge in [0.05, 0.1) is 19.8 Å². The second kappa shape index (κ2) is 10.4. The first-order valence-electron chi connectivity index (χ1n) is 13.6. The van der Waals surface area contributed by atoms with E-state index in [0.717, 1.165) is 54.2 Å². The lowest BCUT2D eigenvalue weighted by atomic mass is 9.71. The number of unbranched alkanes of at least 4 members (excludes halogenated alkanes) is 1. The zero-order chi connectivity index (χ0) is 26.1. The minimum Gasteiger partial charge on any atom is -0.497 e. The molecule has 2 aliphatic rings. The highest BCUT2D eigenvalue weighted by Gasteiger charge is 2.38. The van der Waals surface area contributed by atoms with Crippen molar-refractivity contribution in [1.29, 1.82) is 0 Å². The first kappa shape index (κ1) is 24.3. The van der Waals surface area contributed by atoms with E-state index in [9.17, 15) is 4.79 Å². The van der Waals surface area contributed by atoms with Gasteiger partial charge in [-0.1, -0.05) is 67.9 Å². The van der Waals surface area contributed by atoms with Crippen LogP contribution in [0.15, 0.2) is 90.5 Å². The molecule has 0 amide bonds. The normalized spacial score (nSPS) is 18.5. The molecule has 2 atom stereocenters. The Hall–Kier alpha value is -4.05. The van der Waals surface area contributed by atoms with Crippen LogP contribution in [0.1, 0.15) is 61.3 Å². The summed E-state index contributed by atoms with van der Waals surface area (Å²) in [5.41, 5.74) is 6.57. The van der Waals surface area contributed by atoms with Crippen LogP contribution in [0.5, 0.6) is 11.5 Å². The Bertz CT molecular complexity index is 1500. The molecular weight excluding hydrogens is 470 g/mol. The third-order valence-corrected chi connectivity index (χ3v) is 7.89. The van der Waals surface area contributed by atoms with E-state index >= 15 is 0 Å². The highest BCUT2D eigenvalue weighted by Crippen LogP contribution is 2.51. The fraction of sp³-hybridized carbons (Fsp3) is 0.265. The van der Waals surface area contributed by atoms with Crippen molar-refractivity contribution >= 4 is 27.8 Å². The molecule has 4 heteroatoms. The lowest BCUT2D eigenvalue weighted by Crippen LogP contribution is -2.29. The van der Waals surface area contributed by atoms with Crippen LogP contribution in [0.2, 0.25) is 0 Å². The molecular formula is C34H33NO3. The summed E-state index contributed by atoms with van der Waals surface area (Å²) < 4.78 is 11.3. The molecule has 38 heavy (non-hydrogen) atoms. The fourth-order valence-corrected chi connectivity index (χ4v) is 5.90. The van der Waals surface area contributed by atoms with Gasteiger partial charge >= 0.3 is 0 Å². The SMILES string of the molecule is CCCCOc1ccc([C@H]2CC(=O)C3=C(C2)c2c(ccc4ccccc24)N[C@@H]3c2ccc(OC)cc2)cc1. The molecule has 0 fully saturated rings. The monoisotopic (exact) mass is 503 g/mol. The summed E-state index contributed by atoms with van der Waals surface area (Å²) in [4.78, 5) is 14.0. The summed E-state index contributed by atoms with van der Waals surface area (Å²) in [6.45, 7) is 2.90. The van der Waals surface area contributed by atoms with E-state index in [0.29, 0.717) is 6.42 Å². The van der Waals surface area contributed by atoms with Crippen LogP contribution >= 0.6 is 0 Å². The molecule has 1 aliphatic heterocycles. The number of benzene rings is 4. The lowest BCUT2D eigenvalue weighted by Gasteiger charge is -2.37. The number of anilines is 1. The summed E-state index contributed by atoms with van der Waals surface area (Å²) in [6.07, 6.45) is 3.49. The Balaban J connectivity index is 1.42. The van der Waals surface area contributed by atoms with Gasteiger partial charge in [-0.3, -0.25) is 4.79 Å². The standard InChI is InChI=1S/C34H33NO3/c1-3-4-19-38-27-16-9-22(10-17-27)25-20-29-32-28-8-6-5-7-23(28)13-18-30(32)35-34(33(29)31(36)21-25)24-11-14-26(37-2)15-12-24/h5-18,25,34-35H,3-4,19-21H2,1-2H3/t25-,34-/m1/s1. The molecule has 0 radical (unpaired) electrons. The van der Waals surface area contributed by atoms with Crippen LogP contribution in [0.25, 0.3) is 16.3 Å². The molecule has 0 saturated heterocycles. The van der Waals surface area contributed by atoms with Crippen LogP contribution in [0, 0.1) is 0 Å². The number of carbonyl (C=O) groups excluding carboxylic acids is 1. The summed E-state index contributed by atoms with van der Waals surface area (Å²) in [7, 11) is 1.67.